The molecule has 0 spiro atoms. The average molecular weight is 494 g/mol. The normalized spacial score (nSPS) is 11.5. The minimum absolute atomic E-state index is 0.112. The van der Waals surface area contributed by atoms with Crippen LogP contribution in [0.5, 0.6) is 11.5 Å². The molecule has 0 amide bonds. The molecule has 0 aromatic heterocycles. The number of rotatable bonds is 9. The summed E-state index contributed by atoms with van der Waals surface area (Å²) in [5.74, 6) is 0.0347. The molecule has 0 saturated carbocycles. The van der Waals surface area contributed by atoms with Crippen LogP contribution in [0.4, 0.5) is 0 Å². The van der Waals surface area contributed by atoms with Crippen molar-refractivity contribution in [2.75, 3.05) is 6.26 Å². The number of carboxylic acids is 1. The number of nitrogens with zero attached hydrogens (tertiary/aromatic N) is 1. The van der Waals surface area contributed by atoms with Crippen LogP contribution in [-0.4, -0.2) is 30.1 Å². The Morgan fingerprint density at radius 3 is 2.03 bits per heavy atom. The largest absolute Gasteiger partial charge is 0.481 e. The smallest absolute Gasteiger partial charge is 0.307 e. The van der Waals surface area contributed by atoms with Gasteiger partial charge in [0.15, 0.2) is 0 Å². The summed E-state index contributed by atoms with van der Waals surface area (Å²) < 4.78 is 32.0. The zero-order valence-electron chi connectivity index (χ0n) is 17.2. The van der Waals surface area contributed by atoms with E-state index in [2.05, 4.69) is 0 Å². The van der Waals surface area contributed by atoms with Crippen molar-refractivity contribution in [1.29, 1.82) is 0 Å². The summed E-state index contributed by atoms with van der Waals surface area (Å²) in [6, 6.07) is 18.8. The summed E-state index contributed by atoms with van der Waals surface area (Å²) in [6.45, 7) is 0.233. The van der Waals surface area contributed by atoms with Crippen LogP contribution in [-0.2, 0) is 34.3 Å². The Morgan fingerprint density at radius 2 is 1.44 bits per heavy atom. The van der Waals surface area contributed by atoms with E-state index in [4.69, 9.17) is 33.0 Å². The molecule has 0 saturated heterocycles. The third-order valence-corrected chi connectivity index (χ3v) is 6.14. The van der Waals surface area contributed by atoms with E-state index < -0.39 is 16.0 Å². The molecule has 0 bridgehead atoms. The van der Waals surface area contributed by atoms with Gasteiger partial charge in [0.05, 0.1) is 12.7 Å². The fourth-order valence-electron chi connectivity index (χ4n) is 3.14. The summed E-state index contributed by atoms with van der Waals surface area (Å²) in [6.07, 6.45) is 1.02. The standard InChI is InChI=1S/C23H21Cl2NO5S/c1-32(29,30)26(14-17-5-2-4-16(8-17)10-23(27)28)15-18-6-3-7-21(9-18)31-22-12-19(24)11-20(25)13-22/h2-9,11-13H,10,14-15H2,1H3,(H,27,28). The summed E-state index contributed by atoms with van der Waals surface area (Å²) in [7, 11) is -3.54. The molecule has 0 aliphatic heterocycles. The van der Waals surface area contributed by atoms with E-state index >= 15 is 0 Å². The van der Waals surface area contributed by atoms with Gasteiger partial charge in [-0.1, -0.05) is 59.6 Å². The van der Waals surface area contributed by atoms with Crippen molar-refractivity contribution >= 4 is 39.2 Å². The summed E-state index contributed by atoms with van der Waals surface area (Å²) in [5.41, 5.74) is 2.04. The highest BCUT2D eigenvalue weighted by atomic mass is 35.5. The molecule has 0 atom stereocenters. The molecule has 1 N–H and O–H groups in total. The molecule has 0 radical (unpaired) electrons. The molecule has 168 valence electrons. The van der Waals surface area contributed by atoms with Gasteiger partial charge in [-0.15, -0.1) is 0 Å². The van der Waals surface area contributed by atoms with E-state index in [-0.39, 0.29) is 19.5 Å². The molecular formula is C23H21Cl2NO5S. The van der Waals surface area contributed by atoms with Crippen LogP contribution in [0.1, 0.15) is 16.7 Å². The molecule has 0 unspecified atom stereocenters. The topological polar surface area (TPSA) is 83.9 Å². The Kier molecular flexibility index (Phi) is 7.79. The average Bonchev–Trinajstić information content (AvgIpc) is 2.66. The van der Waals surface area contributed by atoms with Gasteiger partial charge >= 0.3 is 5.97 Å². The zero-order chi connectivity index (χ0) is 23.3. The SMILES string of the molecule is CS(=O)(=O)N(Cc1cccc(CC(=O)O)c1)Cc1cccc(Oc2cc(Cl)cc(Cl)c2)c1. The van der Waals surface area contributed by atoms with Crippen LogP contribution in [0.3, 0.4) is 0 Å². The molecule has 32 heavy (non-hydrogen) atoms. The van der Waals surface area contributed by atoms with Crippen molar-refractivity contribution in [2.45, 2.75) is 19.5 Å². The molecule has 3 aromatic rings. The van der Waals surface area contributed by atoms with Crippen LogP contribution in [0.15, 0.2) is 66.7 Å². The maximum absolute atomic E-state index is 12.4. The minimum atomic E-state index is -3.54. The Balaban J connectivity index is 1.79. The molecule has 3 aromatic carbocycles. The van der Waals surface area contributed by atoms with Gasteiger partial charge in [-0.05, 0) is 47.0 Å². The van der Waals surface area contributed by atoms with Crippen molar-refractivity contribution in [2.24, 2.45) is 0 Å². The molecule has 0 heterocycles. The molecular weight excluding hydrogens is 473 g/mol. The molecule has 0 aliphatic rings. The first-order valence-corrected chi connectivity index (χ1v) is 12.2. The number of ether oxygens (including phenoxy) is 1. The number of sulfonamides is 1. The van der Waals surface area contributed by atoms with Crippen LogP contribution in [0, 0.1) is 0 Å². The predicted octanol–water partition coefficient (Wildman–Crippen LogP) is 5.37. The summed E-state index contributed by atoms with van der Waals surface area (Å²) in [4.78, 5) is 11.0. The highest BCUT2D eigenvalue weighted by Gasteiger charge is 2.18. The van der Waals surface area contributed by atoms with Crippen molar-refractivity contribution in [3.63, 3.8) is 0 Å². The van der Waals surface area contributed by atoms with Gasteiger partial charge in [0.2, 0.25) is 10.0 Å². The number of carboxylic acid groups (broad SMARTS) is 1. The van der Waals surface area contributed by atoms with Crippen molar-refractivity contribution in [3.8, 4) is 11.5 Å². The van der Waals surface area contributed by atoms with Gasteiger partial charge < -0.3 is 9.84 Å². The Labute approximate surface area is 197 Å². The van der Waals surface area contributed by atoms with Crippen molar-refractivity contribution < 1.29 is 23.1 Å². The number of hydrogen-bond acceptors (Lipinski definition) is 4. The van der Waals surface area contributed by atoms with Crippen LogP contribution >= 0.6 is 23.2 Å². The number of aliphatic carboxylic acids is 1. The number of carbonyl (C=O) groups is 1. The van der Waals surface area contributed by atoms with Gasteiger partial charge in [-0.2, -0.15) is 4.31 Å². The lowest BCUT2D eigenvalue weighted by atomic mass is 10.1. The van der Waals surface area contributed by atoms with Gasteiger partial charge in [0.1, 0.15) is 11.5 Å². The molecule has 0 aliphatic carbocycles. The first-order chi connectivity index (χ1) is 15.1. The molecule has 0 fully saturated rings. The van der Waals surface area contributed by atoms with E-state index in [1.54, 1.807) is 66.7 Å². The highest BCUT2D eigenvalue weighted by Crippen LogP contribution is 2.29. The first-order valence-electron chi connectivity index (χ1n) is 9.56. The Morgan fingerprint density at radius 1 is 0.875 bits per heavy atom. The fraction of sp³-hybridized carbons (Fsp3) is 0.174. The van der Waals surface area contributed by atoms with Crippen LogP contribution in [0.25, 0.3) is 0 Å². The number of halogens is 2. The second kappa shape index (κ2) is 10.4. The fourth-order valence-corrected chi connectivity index (χ4v) is 4.41. The minimum Gasteiger partial charge on any atom is -0.481 e. The van der Waals surface area contributed by atoms with E-state index in [1.807, 2.05) is 0 Å². The van der Waals surface area contributed by atoms with E-state index in [9.17, 15) is 13.2 Å². The zero-order valence-corrected chi connectivity index (χ0v) is 19.5. The van der Waals surface area contributed by atoms with Gasteiger partial charge in [0.25, 0.3) is 0 Å². The third-order valence-electron chi connectivity index (χ3n) is 4.50. The third kappa shape index (κ3) is 7.24. The summed E-state index contributed by atoms with van der Waals surface area (Å²) in [5, 5.41) is 9.88. The lowest BCUT2D eigenvalue weighted by Crippen LogP contribution is -2.29. The van der Waals surface area contributed by atoms with Crippen LogP contribution < -0.4 is 4.74 Å². The first kappa shape index (κ1) is 24.1. The maximum atomic E-state index is 12.4. The van der Waals surface area contributed by atoms with Gasteiger partial charge in [-0.3, -0.25) is 4.79 Å². The highest BCUT2D eigenvalue weighted by molar-refractivity contribution is 7.88. The van der Waals surface area contributed by atoms with E-state index in [0.717, 1.165) is 11.8 Å². The van der Waals surface area contributed by atoms with Gasteiger partial charge in [-0.25, -0.2) is 8.42 Å². The molecule has 9 heteroatoms. The molecule has 6 nitrogen and oxygen atoms in total. The van der Waals surface area contributed by atoms with Crippen molar-refractivity contribution in [3.05, 3.63) is 93.5 Å². The second-order valence-corrected chi connectivity index (χ2v) is 10.1. The molecule has 3 rings (SSSR count). The Bertz CT molecular complexity index is 1210. The van der Waals surface area contributed by atoms with Crippen LogP contribution in [0.2, 0.25) is 10.0 Å². The lowest BCUT2D eigenvalue weighted by molar-refractivity contribution is -0.136. The predicted molar refractivity (Wildman–Crippen MR) is 125 cm³/mol. The monoisotopic (exact) mass is 493 g/mol. The lowest BCUT2D eigenvalue weighted by Gasteiger charge is -2.21. The van der Waals surface area contributed by atoms with E-state index in [0.29, 0.717) is 32.7 Å². The number of hydrogen-bond donors (Lipinski definition) is 1. The quantitative estimate of drug-likeness (QED) is 0.432. The van der Waals surface area contributed by atoms with Crippen molar-refractivity contribution in [1.82, 2.24) is 4.31 Å². The number of benzene rings is 3. The summed E-state index contributed by atoms with van der Waals surface area (Å²) >= 11 is 12.0. The second-order valence-electron chi connectivity index (χ2n) is 7.28. The van der Waals surface area contributed by atoms with Gasteiger partial charge in [0, 0.05) is 23.1 Å². The Hall–Kier alpha value is -2.58. The van der Waals surface area contributed by atoms with E-state index in [1.165, 1.54) is 4.31 Å². The maximum Gasteiger partial charge on any atom is 0.307 e.